The molecule has 0 aromatic heterocycles. The van der Waals surface area contributed by atoms with Gasteiger partial charge in [-0.2, -0.15) is 0 Å². The second-order valence-electron chi connectivity index (χ2n) is 4.27. The predicted molar refractivity (Wildman–Crippen MR) is 83.0 cm³/mol. The molecule has 100 valence electrons. The molecule has 1 aromatic rings. The molecule has 0 fully saturated rings. The molecule has 0 unspecified atom stereocenters. The van der Waals surface area contributed by atoms with Crippen LogP contribution < -0.4 is 5.32 Å². The van der Waals surface area contributed by atoms with Crippen molar-refractivity contribution in [2.75, 3.05) is 13.1 Å². The third-order valence-electron chi connectivity index (χ3n) is 2.63. The first kappa shape index (κ1) is 15.3. The standard InChI is InChI=1S/C14H21ClN2S/c1-3-9-17(10-4-2)14(18)16-11-12-5-7-13(15)8-6-12/h5-8H,3-4,9-11H2,1-2H3,(H,16,18). The third kappa shape index (κ3) is 5.23. The second kappa shape index (κ2) is 8.33. The Labute approximate surface area is 120 Å². The summed E-state index contributed by atoms with van der Waals surface area (Å²) in [5.74, 6) is 0. The lowest BCUT2D eigenvalue weighted by molar-refractivity contribution is 0.409. The molecule has 0 aliphatic rings. The Balaban J connectivity index is 2.45. The summed E-state index contributed by atoms with van der Waals surface area (Å²) in [7, 11) is 0. The molecule has 1 N–H and O–H groups in total. The van der Waals surface area contributed by atoms with Gasteiger partial charge in [0.15, 0.2) is 5.11 Å². The molecule has 18 heavy (non-hydrogen) atoms. The van der Waals surface area contributed by atoms with E-state index in [-0.39, 0.29) is 0 Å². The highest BCUT2D eigenvalue weighted by atomic mass is 35.5. The van der Waals surface area contributed by atoms with Crippen LogP contribution in [0.2, 0.25) is 5.02 Å². The van der Waals surface area contributed by atoms with Crippen LogP contribution in [0.4, 0.5) is 0 Å². The lowest BCUT2D eigenvalue weighted by Gasteiger charge is -2.25. The molecule has 0 saturated carbocycles. The van der Waals surface area contributed by atoms with Gasteiger partial charge in [-0.1, -0.05) is 37.6 Å². The smallest absolute Gasteiger partial charge is 0.169 e. The summed E-state index contributed by atoms with van der Waals surface area (Å²) in [6, 6.07) is 7.83. The van der Waals surface area contributed by atoms with E-state index in [1.165, 1.54) is 5.56 Å². The molecule has 0 radical (unpaired) electrons. The Bertz CT molecular complexity index is 359. The minimum atomic E-state index is 0.750. The van der Waals surface area contributed by atoms with Crippen molar-refractivity contribution in [2.45, 2.75) is 33.2 Å². The van der Waals surface area contributed by atoms with Crippen LogP contribution in [0.3, 0.4) is 0 Å². The number of thiocarbonyl (C=S) groups is 1. The fraction of sp³-hybridized carbons (Fsp3) is 0.500. The van der Waals surface area contributed by atoms with Gasteiger partial charge in [-0.3, -0.25) is 0 Å². The molecule has 0 atom stereocenters. The molecule has 4 heteroatoms. The summed E-state index contributed by atoms with van der Waals surface area (Å²) in [4.78, 5) is 2.23. The zero-order valence-electron chi connectivity index (χ0n) is 11.1. The van der Waals surface area contributed by atoms with Gasteiger partial charge in [0.25, 0.3) is 0 Å². The van der Waals surface area contributed by atoms with Crippen LogP contribution >= 0.6 is 23.8 Å². The molecule has 0 aliphatic carbocycles. The zero-order valence-corrected chi connectivity index (χ0v) is 12.7. The van der Waals surface area contributed by atoms with Gasteiger partial charge < -0.3 is 10.2 Å². The van der Waals surface area contributed by atoms with Gasteiger partial charge in [0.2, 0.25) is 0 Å². The number of halogens is 1. The van der Waals surface area contributed by atoms with Crippen LogP contribution in [0.25, 0.3) is 0 Å². The Hall–Kier alpha value is -0.800. The third-order valence-corrected chi connectivity index (χ3v) is 3.29. The van der Waals surface area contributed by atoms with E-state index in [1.807, 2.05) is 24.3 Å². The van der Waals surface area contributed by atoms with E-state index >= 15 is 0 Å². The number of benzene rings is 1. The molecule has 0 amide bonds. The molecule has 0 spiro atoms. The normalized spacial score (nSPS) is 10.2. The van der Waals surface area contributed by atoms with Crippen molar-refractivity contribution in [3.05, 3.63) is 34.9 Å². The van der Waals surface area contributed by atoms with Crippen LogP contribution in [0.5, 0.6) is 0 Å². The topological polar surface area (TPSA) is 15.3 Å². The van der Waals surface area contributed by atoms with E-state index in [0.29, 0.717) is 0 Å². The second-order valence-corrected chi connectivity index (χ2v) is 5.10. The molecule has 0 bridgehead atoms. The summed E-state index contributed by atoms with van der Waals surface area (Å²) in [6.07, 6.45) is 2.23. The van der Waals surface area contributed by atoms with Gasteiger partial charge in [0.1, 0.15) is 0 Å². The summed E-state index contributed by atoms with van der Waals surface area (Å²) in [6.45, 7) is 7.12. The average Bonchev–Trinajstić information content (AvgIpc) is 2.37. The molecule has 2 nitrogen and oxygen atoms in total. The maximum Gasteiger partial charge on any atom is 0.169 e. The first-order valence-corrected chi connectivity index (χ1v) is 7.23. The number of rotatable bonds is 6. The van der Waals surface area contributed by atoms with E-state index in [0.717, 1.165) is 42.6 Å². The Morgan fingerprint density at radius 1 is 1.17 bits per heavy atom. The van der Waals surface area contributed by atoms with Crippen molar-refractivity contribution in [2.24, 2.45) is 0 Å². The Morgan fingerprint density at radius 3 is 2.22 bits per heavy atom. The lowest BCUT2D eigenvalue weighted by Crippen LogP contribution is -2.40. The van der Waals surface area contributed by atoms with Crippen molar-refractivity contribution in [3.63, 3.8) is 0 Å². The minimum absolute atomic E-state index is 0.750. The predicted octanol–water partition coefficient (Wildman–Crippen LogP) is 3.84. The minimum Gasteiger partial charge on any atom is -0.358 e. The number of nitrogens with zero attached hydrogens (tertiary/aromatic N) is 1. The van der Waals surface area contributed by atoms with Gasteiger partial charge in [-0.25, -0.2) is 0 Å². The fourth-order valence-electron chi connectivity index (χ4n) is 1.75. The van der Waals surface area contributed by atoms with Gasteiger partial charge in [0, 0.05) is 24.7 Å². The van der Waals surface area contributed by atoms with Gasteiger partial charge in [-0.05, 0) is 42.8 Å². The van der Waals surface area contributed by atoms with E-state index in [4.69, 9.17) is 23.8 Å². The van der Waals surface area contributed by atoms with E-state index in [1.54, 1.807) is 0 Å². The highest BCUT2D eigenvalue weighted by Gasteiger charge is 2.06. The first-order valence-electron chi connectivity index (χ1n) is 6.44. The number of nitrogens with one attached hydrogen (secondary N) is 1. The monoisotopic (exact) mass is 284 g/mol. The molecular formula is C14H21ClN2S. The van der Waals surface area contributed by atoms with Gasteiger partial charge in [-0.15, -0.1) is 0 Å². The number of hydrogen-bond donors (Lipinski definition) is 1. The van der Waals surface area contributed by atoms with Crippen molar-refractivity contribution in [3.8, 4) is 0 Å². The van der Waals surface area contributed by atoms with Crippen LogP contribution in [0.15, 0.2) is 24.3 Å². The van der Waals surface area contributed by atoms with Crippen LogP contribution in [-0.2, 0) is 6.54 Å². The molecule has 1 aromatic carbocycles. The maximum absolute atomic E-state index is 5.85. The summed E-state index contributed by atoms with van der Waals surface area (Å²) < 4.78 is 0. The van der Waals surface area contributed by atoms with Crippen LogP contribution in [-0.4, -0.2) is 23.1 Å². The van der Waals surface area contributed by atoms with Gasteiger partial charge in [0.05, 0.1) is 0 Å². The SMILES string of the molecule is CCCN(CCC)C(=S)NCc1ccc(Cl)cc1. The van der Waals surface area contributed by atoms with E-state index < -0.39 is 0 Å². The fourth-order valence-corrected chi connectivity index (χ4v) is 2.13. The van der Waals surface area contributed by atoms with Crippen molar-refractivity contribution in [1.82, 2.24) is 10.2 Å². The highest BCUT2D eigenvalue weighted by molar-refractivity contribution is 7.80. The zero-order chi connectivity index (χ0) is 13.4. The van der Waals surface area contributed by atoms with Crippen molar-refractivity contribution < 1.29 is 0 Å². The molecule has 0 aliphatic heterocycles. The Kier molecular flexibility index (Phi) is 7.06. The van der Waals surface area contributed by atoms with Crippen LogP contribution in [0.1, 0.15) is 32.3 Å². The summed E-state index contributed by atoms with van der Waals surface area (Å²) >= 11 is 11.3. The molecule has 1 rings (SSSR count). The number of hydrogen-bond acceptors (Lipinski definition) is 1. The highest BCUT2D eigenvalue weighted by Crippen LogP contribution is 2.09. The van der Waals surface area contributed by atoms with Gasteiger partial charge >= 0.3 is 0 Å². The van der Waals surface area contributed by atoms with Crippen LogP contribution in [0, 0.1) is 0 Å². The average molecular weight is 285 g/mol. The maximum atomic E-state index is 5.85. The van der Waals surface area contributed by atoms with E-state index in [2.05, 4.69) is 24.1 Å². The Morgan fingerprint density at radius 2 is 1.72 bits per heavy atom. The van der Waals surface area contributed by atoms with Crippen molar-refractivity contribution in [1.29, 1.82) is 0 Å². The quantitative estimate of drug-likeness (QED) is 0.799. The lowest BCUT2D eigenvalue weighted by atomic mass is 10.2. The largest absolute Gasteiger partial charge is 0.358 e. The first-order chi connectivity index (χ1) is 8.67. The molecule has 0 heterocycles. The molecular weight excluding hydrogens is 264 g/mol. The van der Waals surface area contributed by atoms with E-state index in [9.17, 15) is 0 Å². The summed E-state index contributed by atoms with van der Waals surface area (Å²) in [5.41, 5.74) is 1.19. The van der Waals surface area contributed by atoms with Crippen molar-refractivity contribution >= 4 is 28.9 Å². The molecule has 0 saturated heterocycles. The summed E-state index contributed by atoms with van der Waals surface area (Å²) in [5, 5.41) is 4.91.